The normalized spacial score (nSPS) is 11.3. The molecule has 0 spiro atoms. The fourth-order valence-electron chi connectivity index (χ4n) is 9.35. The van der Waals surface area contributed by atoms with Crippen LogP contribution in [0, 0.1) is 13.1 Å². The molecule has 0 aliphatic heterocycles. The number of hydrogen-bond acceptors (Lipinski definition) is 2. The van der Waals surface area contributed by atoms with Gasteiger partial charge in [-0.05, 0) is 99.8 Å². The Balaban J connectivity index is 0.844. The molecule has 0 unspecified atom stereocenters. The number of rotatable bonds is 7. The molecule has 0 bridgehead atoms. The lowest BCUT2D eigenvalue weighted by Gasteiger charge is -2.12. The van der Waals surface area contributed by atoms with Gasteiger partial charge in [0, 0.05) is 38.8 Å². The second-order valence-corrected chi connectivity index (χ2v) is 16.4. The van der Waals surface area contributed by atoms with Gasteiger partial charge in [0.05, 0.1) is 46.6 Å². The quantitative estimate of drug-likeness (QED) is 0.150. The molecule has 0 aliphatic carbocycles. The fraction of sp³-hybridized carbons (Fsp3) is 0. The minimum atomic E-state index is 0.578. The molecule has 12 aromatic rings. The number of benzene rings is 9. The van der Waals surface area contributed by atoms with Crippen molar-refractivity contribution in [1.29, 1.82) is 0 Å². The van der Waals surface area contributed by atoms with E-state index >= 15 is 0 Å². The summed E-state index contributed by atoms with van der Waals surface area (Å²) in [6, 6.07) is 75.6. The van der Waals surface area contributed by atoms with Gasteiger partial charge < -0.3 is 9.13 Å². The van der Waals surface area contributed by atoms with Gasteiger partial charge in [0.2, 0.25) is 0 Å². The molecule has 9 aromatic carbocycles. The first-order valence-electron chi connectivity index (χ1n) is 21.8. The molecule has 0 amide bonds. The topological polar surface area (TPSA) is 44.4 Å². The Morgan fingerprint density at radius 1 is 0.303 bits per heavy atom. The van der Waals surface area contributed by atoms with Crippen molar-refractivity contribution in [3.63, 3.8) is 0 Å². The van der Waals surface area contributed by atoms with Crippen LogP contribution in [0.15, 0.2) is 218 Å². The van der Waals surface area contributed by atoms with E-state index in [9.17, 15) is 0 Å². The maximum atomic E-state index is 7.64. The van der Waals surface area contributed by atoms with Gasteiger partial charge in [0.1, 0.15) is 0 Å². The third kappa shape index (κ3) is 6.57. The molecule has 66 heavy (non-hydrogen) atoms. The average Bonchev–Trinajstić information content (AvgIpc) is 3.90. The van der Waals surface area contributed by atoms with Crippen LogP contribution in [0.2, 0.25) is 0 Å². The van der Waals surface area contributed by atoms with Gasteiger partial charge >= 0.3 is 0 Å². The Morgan fingerprint density at radius 2 is 0.697 bits per heavy atom. The maximum absolute atomic E-state index is 7.64. The molecule has 0 atom stereocenters. The molecule has 3 heterocycles. The summed E-state index contributed by atoms with van der Waals surface area (Å²) < 4.78 is 4.59. The van der Waals surface area contributed by atoms with Crippen molar-refractivity contribution in [1.82, 2.24) is 19.1 Å². The van der Waals surface area contributed by atoms with Gasteiger partial charge in [-0.15, -0.1) is 0 Å². The third-order valence-electron chi connectivity index (χ3n) is 12.6. The van der Waals surface area contributed by atoms with E-state index in [1.165, 1.54) is 5.39 Å². The zero-order valence-electron chi connectivity index (χ0n) is 35.5. The molecule has 0 fully saturated rings. The second kappa shape index (κ2) is 15.8. The molecule has 306 valence electrons. The minimum Gasteiger partial charge on any atom is -0.309 e. The highest BCUT2D eigenvalue weighted by atomic mass is 15.0. The smallest absolute Gasteiger partial charge is 0.188 e. The summed E-state index contributed by atoms with van der Waals surface area (Å²) in [5, 5.41) is 4.24. The minimum absolute atomic E-state index is 0.578. The molecule has 0 saturated heterocycles. The molecule has 0 radical (unpaired) electrons. The lowest BCUT2D eigenvalue weighted by Crippen LogP contribution is -1.96. The number of fused-ring (bicyclic) bond motifs is 6. The Labute approximate surface area is 381 Å². The summed E-state index contributed by atoms with van der Waals surface area (Å²) in [5.41, 5.74) is 16.9. The SMILES string of the molecule is [C-]#[N+]c1ccc2c(c1)c1cc([N+]#[C-])ccc1n2-c1ccc2c(c1)c1ccccc1n2-c1ccc(-c2ccc(-c3ccc(-c4cc(-c5ccccc5)nc(-c5ccccc5)n4)cc3)cc2)cc1. The van der Waals surface area contributed by atoms with Crippen LogP contribution < -0.4 is 0 Å². The van der Waals surface area contributed by atoms with Crippen LogP contribution >= 0.6 is 0 Å². The first-order valence-corrected chi connectivity index (χ1v) is 21.8. The molecular formula is C60H36N6. The van der Waals surface area contributed by atoms with E-state index in [2.05, 4.69) is 164 Å². The summed E-state index contributed by atoms with van der Waals surface area (Å²) in [4.78, 5) is 17.4. The van der Waals surface area contributed by atoms with Gasteiger partial charge in [0.25, 0.3) is 0 Å². The van der Waals surface area contributed by atoms with E-state index in [1.54, 1.807) is 0 Å². The number of hydrogen-bond donors (Lipinski definition) is 0. The summed E-state index contributed by atoms with van der Waals surface area (Å²) >= 11 is 0. The van der Waals surface area contributed by atoms with E-state index in [1.807, 2.05) is 72.8 Å². The number of nitrogens with zero attached hydrogens (tertiary/aromatic N) is 6. The van der Waals surface area contributed by atoms with Gasteiger partial charge in [0.15, 0.2) is 17.2 Å². The van der Waals surface area contributed by atoms with Crippen LogP contribution in [0.1, 0.15) is 0 Å². The summed E-state index contributed by atoms with van der Waals surface area (Å²) in [6.07, 6.45) is 0. The largest absolute Gasteiger partial charge is 0.309 e. The van der Waals surface area contributed by atoms with E-state index in [4.69, 9.17) is 23.1 Å². The highest BCUT2D eigenvalue weighted by Crippen LogP contribution is 2.40. The summed E-state index contributed by atoms with van der Waals surface area (Å²) in [7, 11) is 0. The Morgan fingerprint density at radius 3 is 1.24 bits per heavy atom. The van der Waals surface area contributed by atoms with Gasteiger partial charge in [-0.25, -0.2) is 19.7 Å². The second-order valence-electron chi connectivity index (χ2n) is 16.4. The van der Waals surface area contributed by atoms with Crippen LogP contribution in [0.4, 0.5) is 11.4 Å². The molecule has 6 heteroatoms. The highest BCUT2D eigenvalue weighted by Gasteiger charge is 2.18. The lowest BCUT2D eigenvalue weighted by atomic mass is 9.98. The van der Waals surface area contributed by atoms with Crippen molar-refractivity contribution >= 4 is 55.0 Å². The summed E-state index contributed by atoms with van der Waals surface area (Å²) in [5.74, 6) is 0.705. The maximum Gasteiger partial charge on any atom is 0.188 e. The van der Waals surface area contributed by atoms with Crippen molar-refractivity contribution in [3.8, 4) is 67.5 Å². The van der Waals surface area contributed by atoms with E-state index in [-0.39, 0.29) is 0 Å². The Bertz CT molecular complexity index is 3780. The van der Waals surface area contributed by atoms with Crippen LogP contribution in [0.25, 0.3) is 121 Å². The van der Waals surface area contributed by atoms with Gasteiger partial charge in [-0.2, -0.15) is 0 Å². The first-order chi connectivity index (χ1) is 32.6. The van der Waals surface area contributed by atoms with Crippen LogP contribution in [-0.4, -0.2) is 19.1 Å². The molecule has 6 nitrogen and oxygen atoms in total. The van der Waals surface area contributed by atoms with E-state index in [0.29, 0.717) is 17.2 Å². The van der Waals surface area contributed by atoms with Crippen molar-refractivity contribution < 1.29 is 0 Å². The molecule has 0 saturated carbocycles. The molecule has 0 N–H and O–H groups in total. The Kier molecular flexibility index (Phi) is 9.16. The molecule has 3 aromatic heterocycles. The first kappa shape index (κ1) is 38.3. The fourth-order valence-corrected chi connectivity index (χ4v) is 9.35. The monoisotopic (exact) mass is 840 g/mol. The lowest BCUT2D eigenvalue weighted by molar-refractivity contribution is 1.17. The number of aromatic nitrogens is 4. The predicted molar refractivity (Wildman–Crippen MR) is 270 cm³/mol. The van der Waals surface area contributed by atoms with Crippen LogP contribution in [-0.2, 0) is 0 Å². The van der Waals surface area contributed by atoms with Crippen molar-refractivity contribution in [2.45, 2.75) is 0 Å². The van der Waals surface area contributed by atoms with Crippen molar-refractivity contribution in [3.05, 3.63) is 241 Å². The predicted octanol–water partition coefficient (Wildman–Crippen LogP) is 16.1. The zero-order valence-corrected chi connectivity index (χ0v) is 35.5. The van der Waals surface area contributed by atoms with Gasteiger partial charge in [-0.3, -0.25) is 0 Å². The van der Waals surface area contributed by atoms with Crippen LogP contribution in [0.3, 0.4) is 0 Å². The van der Waals surface area contributed by atoms with Crippen molar-refractivity contribution in [2.24, 2.45) is 0 Å². The Hall–Kier alpha value is -9.36. The third-order valence-corrected chi connectivity index (χ3v) is 12.6. The standard InChI is InChI=1S/C60H36N6/c1-61-46-27-32-57-51(35-46)52-36-47(62-2)28-33-58(52)66(57)49-31-34-59-53(37-49)50-15-9-10-16-56(50)65(59)48-29-25-42(26-30-48)40-19-17-39(18-20-40)41-21-23-44(24-22-41)55-38-54(43-11-5-3-6-12-43)63-60(64-55)45-13-7-4-8-14-45/h3-38H. The highest BCUT2D eigenvalue weighted by molar-refractivity contribution is 6.13. The number of para-hydroxylation sites is 1. The molecular weight excluding hydrogens is 805 g/mol. The average molecular weight is 841 g/mol. The zero-order chi connectivity index (χ0) is 44.1. The van der Waals surface area contributed by atoms with E-state index < -0.39 is 0 Å². The van der Waals surface area contributed by atoms with Gasteiger partial charge in [-0.1, -0.05) is 152 Å². The van der Waals surface area contributed by atoms with E-state index in [0.717, 1.165) is 99.9 Å². The van der Waals surface area contributed by atoms with Crippen molar-refractivity contribution in [2.75, 3.05) is 0 Å². The molecule has 12 rings (SSSR count). The molecule has 0 aliphatic rings. The van der Waals surface area contributed by atoms with Crippen LogP contribution in [0.5, 0.6) is 0 Å². The summed E-state index contributed by atoms with van der Waals surface area (Å²) in [6.45, 7) is 15.3.